The molecule has 13 heteroatoms. The molecule has 0 radical (unpaired) electrons. The summed E-state index contributed by atoms with van der Waals surface area (Å²) in [6.07, 6.45) is -1.65. The van der Waals surface area contributed by atoms with Crippen LogP contribution in [0.5, 0.6) is 0 Å². The van der Waals surface area contributed by atoms with Gasteiger partial charge in [0.15, 0.2) is 17.5 Å². The highest BCUT2D eigenvalue weighted by atomic mass is 32.2. The molecule has 8 nitrogen and oxygen atoms in total. The highest BCUT2D eigenvalue weighted by Crippen LogP contribution is 2.26. The van der Waals surface area contributed by atoms with Crippen molar-refractivity contribution in [1.82, 2.24) is 4.31 Å². The number of aliphatic hydroxyl groups is 1. The van der Waals surface area contributed by atoms with Gasteiger partial charge in [-0.15, -0.1) is 0 Å². The van der Waals surface area contributed by atoms with E-state index in [4.69, 9.17) is 4.74 Å². The van der Waals surface area contributed by atoms with E-state index in [1.807, 2.05) is 0 Å². The zero-order valence-electron chi connectivity index (χ0n) is 17.7. The van der Waals surface area contributed by atoms with E-state index in [2.05, 4.69) is 5.32 Å². The Bertz CT molecular complexity index is 1200. The standard InChI is InChI=1S/C21H20F4N2O6S/c1-11(28)33-15-4-3-14(29)9-27(10-15)34(31,32)19-6-12(2-5-16(19)22)21(30)26-13-7-17(23)20(25)18(24)8-13/h2,5-8,14-15,29H,3-4,9-10H2,1H3,(H,26,30)/t14-,15?/m1/s1. The summed E-state index contributed by atoms with van der Waals surface area (Å²) in [6, 6.07) is 3.41. The molecule has 0 saturated carbocycles. The number of hydrogen-bond acceptors (Lipinski definition) is 6. The van der Waals surface area contributed by atoms with Gasteiger partial charge in [-0.2, -0.15) is 4.31 Å². The van der Waals surface area contributed by atoms with E-state index in [1.165, 1.54) is 0 Å². The van der Waals surface area contributed by atoms with Gasteiger partial charge in [-0.25, -0.2) is 26.0 Å². The van der Waals surface area contributed by atoms with E-state index in [0.717, 1.165) is 17.3 Å². The maximum absolute atomic E-state index is 14.5. The van der Waals surface area contributed by atoms with Crippen LogP contribution in [-0.2, 0) is 19.6 Å². The molecular weight excluding hydrogens is 484 g/mol. The zero-order valence-corrected chi connectivity index (χ0v) is 18.5. The number of anilines is 1. The minimum absolute atomic E-state index is 0.139. The van der Waals surface area contributed by atoms with E-state index in [-0.39, 0.29) is 24.9 Å². The summed E-state index contributed by atoms with van der Waals surface area (Å²) in [5.74, 6) is -7.75. The largest absolute Gasteiger partial charge is 0.461 e. The van der Waals surface area contributed by atoms with Crippen LogP contribution in [0, 0.1) is 23.3 Å². The van der Waals surface area contributed by atoms with Gasteiger partial charge < -0.3 is 15.2 Å². The Kier molecular flexibility index (Phi) is 7.58. The molecule has 1 fully saturated rings. The van der Waals surface area contributed by atoms with Crippen molar-refractivity contribution in [2.75, 3.05) is 18.4 Å². The molecule has 0 aliphatic carbocycles. The smallest absolute Gasteiger partial charge is 0.302 e. The van der Waals surface area contributed by atoms with Crippen molar-refractivity contribution in [2.24, 2.45) is 0 Å². The second-order valence-electron chi connectivity index (χ2n) is 7.64. The molecule has 1 amide bonds. The topological polar surface area (TPSA) is 113 Å². The fraction of sp³-hybridized carbons (Fsp3) is 0.333. The van der Waals surface area contributed by atoms with Crippen molar-refractivity contribution in [3.8, 4) is 0 Å². The zero-order chi connectivity index (χ0) is 25.2. The number of sulfonamides is 1. The van der Waals surface area contributed by atoms with Gasteiger partial charge in [0, 0.05) is 36.9 Å². The molecule has 34 heavy (non-hydrogen) atoms. The number of benzene rings is 2. The number of aliphatic hydroxyl groups excluding tert-OH is 1. The summed E-state index contributed by atoms with van der Waals surface area (Å²) < 4.78 is 86.6. The van der Waals surface area contributed by atoms with E-state index >= 15 is 0 Å². The van der Waals surface area contributed by atoms with Gasteiger partial charge in [-0.05, 0) is 31.0 Å². The maximum Gasteiger partial charge on any atom is 0.302 e. The molecule has 0 aromatic heterocycles. The first-order valence-corrected chi connectivity index (χ1v) is 11.4. The molecule has 2 aromatic carbocycles. The highest BCUT2D eigenvalue weighted by molar-refractivity contribution is 7.89. The molecule has 2 aromatic rings. The maximum atomic E-state index is 14.5. The lowest BCUT2D eigenvalue weighted by Gasteiger charge is -2.24. The Labute approximate surface area is 192 Å². The number of rotatable bonds is 5. The molecule has 1 saturated heterocycles. The summed E-state index contributed by atoms with van der Waals surface area (Å²) in [7, 11) is -4.61. The molecule has 2 atom stereocenters. The second-order valence-corrected chi connectivity index (χ2v) is 9.54. The van der Waals surface area contributed by atoms with E-state index in [9.17, 15) is 40.7 Å². The van der Waals surface area contributed by atoms with Crippen LogP contribution in [0.1, 0.15) is 30.1 Å². The molecular formula is C21H20F4N2O6S. The van der Waals surface area contributed by atoms with E-state index < -0.39 is 74.5 Å². The summed E-state index contributed by atoms with van der Waals surface area (Å²) in [5.41, 5.74) is -0.827. The quantitative estimate of drug-likeness (QED) is 0.368. The molecule has 1 heterocycles. The fourth-order valence-corrected chi connectivity index (χ4v) is 5.04. The summed E-state index contributed by atoms with van der Waals surface area (Å²) in [5, 5.41) is 12.1. The predicted octanol–water partition coefficient (Wildman–Crippen LogP) is 2.57. The number of nitrogens with zero attached hydrogens (tertiary/aromatic N) is 1. The van der Waals surface area contributed by atoms with Gasteiger partial charge in [-0.3, -0.25) is 9.59 Å². The highest BCUT2D eigenvalue weighted by Gasteiger charge is 2.35. The molecule has 2 N–H and O–H groups in total. The lowest BCUT2D eigenvalue weighted by Crippen LogP contribution is -2.40. The SMILES string of the molecule is CC(=O)OC1CC[C@@H](O)CN(S(=O)(=O)c2cc(C(=O)Nc3cc(F)c(F)c(F)c3)ccc2F)C1. The number of β-amino-alcohol motifs (C(OH)–C–C–N with tert-alkyl or cyclic N) is 1. The van der Waals surface area contributed by atoms with E-state index in [1.54, 1.807) is 0 Å². The number of nitrogens with one attached hydrogen (secondary N) is 1. The minimum atomic E-state index is -4.61. The average Bonchev–Trinajstić information content (AvgIpc) is 2.93. The minimum Gasteiger partial charge on any atom is -0.461 e. The Morgan fingerprint density at radius 2 is 1.68 bits per heavy atom. The fourth-order valence-electron chi connectivity index (χ4n) is 3.44. The van der Waals surface area contributed by atoms with Crippen molar-refractivity contribution >= 4 is 27.6 Å². The van der Waals surface area contributed by atoms with Crippen LogP contribution < -0.4 is 5.32 Å². The summed E-state index contributed by atoms with van der Waals surface area (Å²) in [6.45, 7) is 0.397. The number of esters is 1. The van der Waals surface area contributed by atoms with Crippen LogP contribution in [-0.4, -0.2) is 55.0 Å². The van der Waals surface area contributed by atoms with Gasteiger partial charge in [-0.1, -0.05) is 0 Å². The van der Waals surface area contributed by atoms with Gasteiger partial charge in [0.05, 0.1) is 12.6 Å². The molecule has 184 valence electrons. The number of carbonyl (C=O) groups is 2. The third kappa shape index (κ3) is 5.72. The first kappa shape index (κ1) is 25.6. The Hall–Kier alpha value is -3.03. The number of hydrogen-bond donors (Lipinski definition) is 2. The lowest BCUT2D eigenvalue weighted by atomic mass is 10.1. The second kappa shape index (κ2) is 10.1. The van der Waals surface area contributed by atoms with Crippen LogP contribution in [0.25, 0.3) is 0 Å². The first-order valence-electron chi connectivity index (χ1n) is 9.99. The van der Waals surface area contributed by atoms with Crippen LogP contribution in [0.3, 0.4) is 0 Å². The van der Waals surface area contributed by atoms with Crippen LogP contribution in [0.15, 0.2) is 35.2 Å². The predicted molar refractivity (Wildman–Crippen MR) is 110 cm³/mol. The van der Waals surface area contributed by atoms with Gasteiger partial charge >= 0.3 is 5.97 Å². The lowest BCUT2D eigenvalue weighted by molar-refractivity contribution is -0.146. The Morgan fingerprint density at radius 1 is 1.03 bits per heavy atom. The third-order valence-corrected chi connectivity index (χ3v) is 6.88. The number of amides is 1. The van der Waals surface area contributed by atoms with Gasteiger partial charge in [0.2, 0.25) is 10.0 Å². The number of ether oxygens (including phenoxy) is 1. The van der Waals surface area contributed by atoms with Crippen LogP contribution in [0.2, 0.25) is 0 Å². The average molecular weight is 504 g/mol. The van der Waals surface area contributed by atoms with Crippen molar-refractivity contribution in [1.29, 1.82) is 0 Å². The van der Waals surface area contributed by atoms with Gasteiger partial charge in [0.1, 0.15) is 16.8 Å². The first-order chi connectivity index (χ1) is 15.9. The Balaban J connectivity index is 1.90. The molecule has 1 aliphatic rings. The molecule has 0 spiro atoms. The summed E-state index contributed by atoms with van der Waals surface area (Å²) >= 11 is 0. The Morgan fingerprint density at radius 3 is 2.29 bits per heavy atom. The van der Waals surface area contributed by atoms with Crippen LogP contribution in [0.4, 0.5) is 23.2 Å². The third-order valence-electron chi connectivity index (χ3n) is 5.03. The van der Waals surface area contributed by atoms with Crippen LogP contribution >= 0.6 is 0 Å². The van der Waals surface area contributed by atoms with Crippen molar-refractivity contribution in [3.63, 3.8) is 0 Å². The summed E-state index contributed by atoms with van der Waals surface area (Å²) in [4.78, 5) is 22.9. The van der Waals surface area contributed by atoms with Crippen molar-refractivity contribution in [2.45, 2.75) is 36.9 Å². The number of carbonyl (C=O) groups excluding carboxylic acids is 2. The van der Waals surface area contributed by atoms with E-state index in [0.29, 0.717) is 24.3 Å². The number of halogens is 4. The molecule has 1 aliphatic heterocycles. The van der Waals surface area contributed by atoms with Crippen molar-refractivity contribution < 1.29 is 45.4 Å². The van der Waals surface area contributed by atoms with Gasteiger partial charge in [0.25, 0.3) is 5.91 Å². The monoisotopic (exact) mass is 504 g/mol. The molecule has 3 rings (SSSR count). The normalized spacial score (nSPS) is 19.4. The van der Waals surface area contributed by atoms with Crippen molar-refractivity contribution in [3.05, 3.63) is 59.2 Å². The molecule has 1 unspecified atom stereocenters. The molecule has 0 bridgehead atoms.